The highest BCUT2D eigenvalue weighted by atomic mass is 16.5. The highest BCUT2D eigenvalue weighted by Crippen LogP contribution is 2.25. The molecule has 5 heteroatoms. The van der Waals surface area contributed by atoms with Crippen molar-refractivity contribution in [2.24, 2.45) is 0 Å². The molecule has 2 heterocycles. The number of esters is 1. The lowest BCUT2D eigenvalue weighted by atomic mass is 10.3. The van der Waals surface area contributed by atoms with Crippen molar-refractivity contribution in [3.63, 3.8) is 0 Å². The Labute approximate surface area is 127 Å². The predicted molar refractivity (Wildman–Crippen MR) is 79.2 cm³/mol. The molecule has 0 amide bonds. The van der Waals surface area contributed by atoms with Crippen molar-refractivity contribution in [1.82, 2.24) is 4.98 Å². The van der Waals surface area contributed by atoms with Gasteiger partial charge in [0.2, 0.25) is 5.76 Å². The van der Waals surface area contributed by atoms with Gasteiger partial charge < -0.3 is 13.9 Å². The maximum absolute atomic E-state index is 12.0. The van der Waals surface area contributed by atoms with Gasteiger partial charge in [-0.1, -0.05) is 6.07 Å². The minimum atomic E-state index is -0.541. The standard InChI is InChI=1S/C17H13NO4/c1-12-7-9-20-16(12)17(19)22-14-5-2-4-13(10-14)21-15-6-3-8-18-11-15/h2-11H,1H3. The number of aromatic nitrogens is 1. The molecule has 5 nitrogen and oxygen atoms in total. The number of carbonyl (C=O) groups is 1. The number of hydrogen-bond acceptors (Lipinski definition) is 5. The van der Waals surface area contributed by atoms with Crippen LogP contribution in [0.25, 0.3) is 0 Å². The lowest BCUT2D eigenvalue weighted by Crippen LogP contribution is -2.08. The number of furan rings is 1. The van der Waals surface area contributed by atoms with E-state index >= 15 is 0 Å². The van der Waals surface area contributed by atoms with Crippen molar-refractivity contribution in [3.8, 4) is 17.2 Å². The van der Waals surface area contributed by atoms with Crippen molar-refractivity contribution < 1.29 is 18.7 Å². The molecule has 3 rings (SSSR count). The zero-order chi connectivity index (χ0) is 15.4. The van der Waals surface area contributed by atoms with Crippen molar-refractivity contribution in [1.29, 1.82) is 0 Å². The largest absolute Gasteiger partial charge is 0.457 e. The molecule has 0 unspecified atom stereocenters. The third-order valence-corrected chi connectivity index (χ3v) is 2.93. The number of aryl methyl sites for hydroxylation is 1. The zero-order valence-electron chi connectivity index (χ0n) is 11.9. The van der Waals surface area contributed by atoms with E-state index in [0.29, 0.717) is 17.2 Å². The van der Waals surface area contributed by atoms with Crippen LogP contribution >= 0.6 is 0 Å². The molecule has 0 atom stereocenters. The van der Waals surface area contributed by atoms with Crippen molar-refractivity contribution in [2.45, 2.75) is 6.92 Å². The molecular weight excluding hydrogens is 282 g/mol. The van der Waals surface area contributed by atoms with Gasteiger partial charge in [0.15, 0.2) is 0 Å². The Morgan fingerprint density at radius 3 is 2.64 bits per heavy atom. The Hall–Kier alpha value is -3.08. The van der Waals surface area contributed by atoms with Gasteiger partial charge in [-0.15, -0.1) is 0 Å². The molecule has 0 spiro atoms. The lowest BCUT2D eigenvalue weighted by Gasteiger charge is -2.07. The van der Waals surface area contributed by atoms with E-state index < -0.39 is 5.97 Å². The SMILES string of the molecule is Cc1ccoc1C(=O)Oc1cccc(Oc2cccnc2)c1. The Balaban J connectivity index is 1.74. The molecule has 0 fully saturated rings. The smallest absolute Gasteiger partial charge is 0.379 e. The van der Waals surface area contributed by atoms with Crippen LogP contribution in [0.15, 0.2) is 65.5 Å². The van der Waals surface area contributed by atoms with Crippen LogP contribution in [0.3, 0.4) is 0 Å². The quantitative estimate of drug-likeness (QED) is 0.538. The number of ether oxygens (including phenoxy) is 2. The fraction of sp³-hybridized carbons (Fsp3) is 0.0588. The Morgan fingerprint density at radius 2 is 1.91 bits per heavy atom. The molecule has 0 saturated carbocycles. The van der Waals surface area contributed by atoms with Crippen LogP contribution < -0.4 is 9.47 Å². The number of nitrogens with zero attached hydrogens (tertiary/aromatic N) is 1. The first kappa shape index (κ1) is 13.9. The van der Waals surface area contributed by atoms with Gasteiger partial charge in [0, 0.05) is 17.8 Å². The topological polar surface area (TPSA) is 61.6 Å². The first-order chi connectivity index (χ1) is 10.7. The second-order valence-corrected chi connectivity index (χ2v) is 4.59. The number of pyridine rings is 1. The van der Waals surface area contributed by atoms with Gasteiger partial charge in [0.25, 0.3) is 0 Å². The van der Waals surface area contributed by atoms with Gasteiger partial charge in [-0.3, -0.25) is 4.98 Å². The van der Waals surface area contributed by atoms with E-state index in [1.165, 1.54) is 6.26 Å². The van der Waals surface area contributed by atoms with Crippen LogP contribution in [-0.4, -0.2) is 11.0 Å². The van der Waals surface area contributed by atoms with Crippen LogP contribution in [0.5, 0.6) is 17.2 Å². The summed E-state index contributed by atoms with van der Waals surface area (Å²) in [5.41, 5.74) is 0.729. The van der Waals surface area contributed by atoms with Gasteiger partial charge in [-0.25, -0.2) is 4.79 Å². The molecule has 22 heavy (non-hydrogen) atoms. The van der Waals surface area contributed by atoms with Gasteiger partial charge in [-0.05, 0) is 37.3 Å². The van der Waals surface area contributed by atoms with Crippen LogP contribution in [0.1, 0.15) is 16.1 Å². The summed E-state index contributed by atoms with van der Waals surface area (Å²) in [5.74, 6) is 1.18. The van der Waals surface area contributed by atoms with Crippen LogP contribution in [0, 0.1) is 6.92 Å². The molecule has 1 aromatic carbocycles. The molecule has 0 bridgehead atoms. The Morgan fingerprint density at radius 1 is 1.09 bits per heavy atom. The number of carbonyl (C=O) groups excluding carboxylic acids is 1. The Bertz CT molecular complexity index is 780. The van der Waals surface area contributed by atoms with Crippen molar-refractivity contribution in [2.75, 3.05) is 0 Å². The normalized spacial score (nSPS) is 10.2. The van der Waals surface area contributed by atoms with Crippen LogP contribution in [0.4, 0.5) is 0 Å². The van der Waals surface area contributed by atoms with E-state index in [4.69, 9.17) is 13.9 Å². The summed E-state index contributed by atoms with van der Waals surface area (Å²) in [7, 11) is 0. The Kier molecular flexibility index (Phi) is 3.87. The summed E-state index contributed by atoms with van der Waals surface area (Å²) >= 11 is 0. The van der Waals surface area contributed by atoms with Gasteiger partial charge in [0.1, 0.15) is 17.2 Å². The molecule has 2 aromatic heterocycles. The first-order valence-electron chi connectivity index (χ1n) is 6.66. The molecular formula is C17H13NO4. The second-order valence-electron chi connectivity index (χ2n) is 4.59. The molecule has 0 aliphatic carbocycles. The van der Waals surface area contributed by atoms with E-state index in [9.17, 15) is 4.79 Å². The average molecular weight is 295 g/mol. The van der Waals surface area contributed by atoms with E-state index in [2.05, 4.69) is 4.98 Å². The van der Waals surface area contributed by atoms with Gasteiger partial charge in [-0.2, -0.15) is 0 Å². The van der Waals surface area contributed by atoms with Gasteiger partial charge in [0.05, 0.1) is 12.5 Å². The summed E-state index contributed by atoms with van der Waals surface area (Å²) < 4.78 is 16.0. The van der Waals surface area contributed by atoms with E-state index in [1.807, 2.05) is 0 Å². The molecule has 0 N–H and O–H groups in total. The summed E-state index contributed by atoms with van der Waals surface area (Å²) in [5, 5.41) is 0. The first-order valence-corrected chi connectivity index (χ1v) is 6.66. The second kappa shape index (κ2) is 6.13. The third kappa shape index (κ3) is 3.15. The summed E-state index contributed by atoms with van der Waals surface area (Å²) in [6, 6.07) is 12.1. The average Bonchev–Trinajstić information content (AvgIpc) is 2.95. The highest BCUT2D eigenvalue weighted by molar-refractivity contribution is 5.89. The fourth-order valence-electron chi connectivity index (χ4n) is 1.88. The maximum atomic E-state index is 12.0. The molecule has 3 aromatic rings. The van der Waals surface area contributed by atoms with Gasteiger partial charge >= 0.3 is 5.97 Å². The monoisotopic (exact) mass is 295 g/mol. The van der Waals surface area contributed by atoms with E-state index in [1.54, 1.807) is 61.8 Å². The summed E-state index contributed by atoms with van der Waals surface area (Å²) in [6.45, 7) is 1.78. The lowest BCUT2D eigenvalue weighted by molar-refractivity contribution is 0.0700. The summed E-state index contributed by atoms with van der Waals surface area (Å²) in [6.07, 6.45) is 4.72. The molecule has 0 radical (unpaired) electrons. The molecule has 110 valence electrons. The number of rotatable bonds is 4. The van der Waals surface area contributed by atoms with Crippen LogP contribution in [-0.2, 0) is 0 Å². The molecule has 0 saturated heterocycles. The fourth-order valence-corrected chi connectivity index (χ4v) is 1.88. The summed E-state index contributed by atoms with van der Waals surface area (Å²) in [4.78, 5) is 16.0. The van der Waals surface area contributed by atoms with E-state index in [0.717, 1.165) is 5.56 Å². The zero-order valence-corrected chi connectivity index (χ0v) is 11.9. The maximum Gasteiger partial charge on any atom is 0.379 e. The predicted octanol–water partition coefficient (Wildman–Crippen LogP) is 3.99. The molecule has 0 aliphatic rings. The minimum Gasteiger partial charge on any atom is -0.457 e. The van der Waals surface area contributed by atoms with Crippen molar-refractivity contribution in [3.05, 3.63) is 72.4 Å². The third-order valence-electron chi connectivity index (χ3n) is 2.93. The van der Waals surface area contributed by atoms with Crippen molar-refractivity contribution >= 4 is 5.97 Å². The molecule has 0 aliphatic heterocycles. The van der Waals surface area contributed by atoms with E-state index in [-0.39, 0.29) is 5.76 Å². The van der Waals surface area contributed by atoms with Crippen LogP contribution in [0.2, 0.25) is 0 Å². The minimum absolute atomic E-state index is 0.193. The number of hydrogen-bond donors (Lipinski definition) is 0. The highest BCUT2D eigenvalue weighted by Gasteiger charge is 2.15. The number of benzene rings is 1.